The summed E-state index contributed by atoms with van der Waals surface area (Å²) in [4.78, 5) is 26.0. The van der Waals surface area contributed by atoms with Gasteiger partial charge in [-0.1, -0.05) is 35.5 Å². The van der Waals surface area contributed by atoms with Gasteiger partial charge in [-0.3, -0.25) is 9.69 Å². The van der Waals surface area contributed by atoms with Crippen LogP contribution in [-0.2, 0) is 11.3 Å². The van der Waals surface area contributed by atoms with Crippen LogP contribution >= 0.6 is 11.8 Å². The molecule has 0 radical (unpaired) electrons. The first-order chi connectivity index (χ1) is 11.2. The molecule has 1 atom stereocenters. The Labute approximate surface area is 137 Å². The van der Waals surface area contributed by atoms with E-state index in [1.807, 2.05) is 30.3 Å². The lowest BCUT2D eigenvalue weighted by Gasteiger charge is -2.18. The molecule has 6 nitrogen and oxygen atoms in total. The van der Waals surface area contributed by atoms with Crippen LogP contribution in [0, 0.1) is 0 Å². The van der Waals surface area contributed by atoms with Gasteiger partial charge in [0, 0.05) is 17.4 Å². The van der Waals surface area contributed by atoms with Gasteiger partial charge in [0.05, 0.1) is 6.54 Å². The van der Waals surface area contributed by atoms with Crippen molar-refractivity contribution in [3.05, 3.63) is 42.1 Å². The third-order valence-corrected chi connectivity index (χ3v) is 5.39. The summed E-state index contributed by atoms with van der Waals surface area (Å²) in [7, 11) is 0. The Morgan fingerprint density at radius 2 is 2.13 bits per heavy atom. The van der Waals surface area contributed by atoms with Gasteiger partial charge in [-0.2, -0.15) is 11.8 Å². The van der Waals surface area contributed by atoms with E-state index in [0.29, 0.717) is 23.6 Å². The number of thioether (sulfide) groups is 1. The monoisotopic (exact) mass is 329 g/mol. The Balaban J connectivity index is 1.54. The summed E-state index contributed by atoms with van der Waals surface area (Å²) < 4.78 is 5.32. The van der Waals surface area contributed by atoms with Crippen molar-refractivity contribution in [3.63, 3.8) is 0 Å². The first kappa shape index (κ1) is 14.3. The molecule has 1 N–H and O–H groups in total. The fraction of sp³-hybridized carbons (Fsp3) is 0.312. The molecule has 0 bridgehead atoms. The largest absolute Gasteiger partial charge is 0.356 e. The molecule has 1 spiro atoms. The molecule has 2 aliphatic rings. The number of benzene rings is 1. The summed E-state index contributed by atoms with van der Waals surface area (Å²) in [5, 5.41) is 6.83. The van der Waals surface area contributed by atoms with Crippen molar-refractivity contribution >= 4 is 23.7 Å². The first-order valence-corrected chi connectivity index (χ1v) is 8.56. The molecule has 0 aliphatic carbocycles. The van der Waals surface area contributed by atoms with Crippen LogP contribution in [0.2, 0.25) is 0 Å². The van der Waals surface area contributed by atoms with Crippen LogP contribution in [0.25, 0.3) is 11.3 Å². The number of imide groups is 1. The van der Waals surface area contributed by atoms with E-state index >= 15 is 0 Å². The van der Waals surface area contributed by atoms with E-state index in [2.05, 4.69) is 10.5 Å². The number of amides is 3. The summed E-state index contributed by atoms with van der Waals surface area (Å²) in [6.45, 7) is 0.132. The molecule has 0 unspecified atom stereocenters. The molecule has 3 heterocycles. The minimum absolute atomic E-state index is 0.132. The van der Waals surface area contributed by atoms with Gasteiger partial charge in [-0.05, 0) is 12.2 Å². The molecule has 7 heteroatoms. The van der Waals surface area contributed by atoms with Crippen molar-refractivity contribution in [3.8, 4) is 11.3 Å². The molecular weight excluding hydrogens is 314 g/mol. The Hall–Kier alpha value is -2.28. The second-order valence-electron chi connectivity index (χ2n) is 5.75. The Bertz CT molecular complexity index is 753. The zero-order valence-corrected chi connectivity index (χ0v) is 13.1. The molecule has 118 valence electrons. The molecule has 23 heavy (non-hydrogen) atoms. The van der Waals surface area contributed by atoms with Crippen LogP contribution in [-0.4, -0.2) is 39.0 Å². The van der Waals surface area contributed by atoms with Gasteiger partial charge >= 0.3 is 6.03 Å². The Morgan fingerprint density at radius 1 is 1.30 bits per heavy atom. The van der Waals surface area contributed by atoms with Crippen molar-refractivity contribution in [2.24, 2.45) is 0 Å². The molecule has 2 aliphatic heterocycles. The maximum absolute atomic E-state index is 12.6. The lowest BCUT2D eigenvalue weighted by Crippen LogP contribution is -2.46. The molecule has 0 saturated carbocycles. The average molecular weight is 329 g/mol. The van der Waals surface area contributed by atoms with Gasteiger partial charge in [0.1, 0.15) is 11.2 Å². The molecule has 2 saturated heterocycles. The van der Waals surface area contributed by atoms with E-state index < -0.39 is 5.54 Å². The molecule has 3 amide bonds. The number of urea groups is 1. The van der Waals surface area contributed by atoms with Crippen molar-refractivity contribution in [2.45, 2.75) is 18.5 Å². The van der Waals surface area contributed by atoms with Crippen LogP contribution < -0.4 is 5.32 Å². The van der Waals surface area contributed by atoms with E-state index in [1.165, 1.54) is 4.90 Å². The molecule has 1 aromatic carbocycles. The highest BCUT2D eigenvalue weighted by molar-refractivity contribution is 7.99. The van der Waals surface area contributed by atoms with E-state index in [1.54, 1.807) is 17.8 Å². The maximum atomic E-state index is 12.6. The number of aromatic nitrogens is 1. The summed E-state index contributed by atoms with van der Waals surface area (Å²) >= 11 is 1.69. The summed E-state index contributed by atoms with van der Waals surface area (Å²) in [5.74, 6) is 2.00. The van der Waals surface area contributed by atoms with Gasteiger partial charge in [0.2, 0.25) is 0 Å². The topological polar surface area (TPSA) is 75.4 Å². The van der Waals surface area contributed by atoms with Gasteiger partial charge in [0.25, 0.3) is 5.91 Å². The lowest BCUT2D eigenvalue weighted by molar-refractivity contribution is -0.130. The smallest absolute Gasteiger partial charge is 0.325 e. The predicted molar refractivity (Wildman–Crippen MR) is 85.7 cm³/mol. The van der Waals surface area contributed by atoms with E-state index in [-0.39, 0.29) is 18.5 Å². The second kappa shape index (κ2) is 5.42. The zero-order chi connectivity index (χ0) is 15.9. The number of carbonyl (C=O) groups is 2. The Kier molecular flexibility index (Phi) is 3.37. The van der Waals surface area contributed by atoms with Crippen LogP contribution in [0.3, 0.4) is 0 Å². The SMILES string of the molecule is O=C1N[C@@]2(CCSC2)C(=O)N1Cc1cc(-c2ccccc2)on1. The van der Waals surface area contributed by atoms with E-state index in [9.17, 15) is 9.59 Å². The average Bonchev–Trinajstić information content (AvgIpc) is 3.27. The second-order valence-corrected chi connectivity index (χ2v) is 6.86. The number of carbonyl (C=O) groups excluding carboxylic acids is 2. The van der Waals surface area contributed by atoms with Gasteiger partial charge in [-0.25, -0.2) is 4.79 Å². The highest BCUT2D eigenvalue weighted by Crippen LogP contribution is 2.34. The van der Waals surface area contributed by atoms with Crippen molar-refractivity contribution in [1.29, 1.82) is 0 Å². The van der Waals surface area contributed by atoms with Gasteiger partial charge in [-0.15, -0.1) is 0 Å². The standard InChI is InChI=1S/C16H15N3O3S/c20-14-16(6-7-23-10-16)17-15(21)19(14)9-12-8-13(22-18-12)11-4-2-1-3-5-11/h1-5,8H,6-7,9-10H2,(H,17,21)/t16-/m1/s1. The van der Waals surface area contributed by atoms with Crippen LogP contribution in [0.5, 0.6) is 0 Å². The van der Waals surface area contributed by atoms with Crippen molar-refractivity contribution in [2.75, 3.05) is 11.5 Å². The summed E-state index contributed by atoms with van der Waals surface area (Å²) in [6.07, 6.45) is 0.687. The fourth-order valence-electron chi connectivity index (χ4n) is 2.94. The van der Waals surface area contributed by atoms with Crippen molar-refractivity contribution < 1.29 is 14.1 Å². The fourth-order valence-corrected chi connectivity index (χ4v) is 4.26. The van der Waals surface area contributed by atoms with Crippen LogP contribution in [0.15, 0.2) is 40.9 Å². The minimum atomic E-state index is -0.715. The summed E-state index contributed by atoms with van der Waals surface area (Å²) in [6, 6.07) is 11.0. The van der Waals surface area contributed by atoms with E-state index in [4.69, 9.17) is 4.52 Å². The molecule has 1 aromatic heterocycles. The normalized spacial score (nSPS) is 23.7. The number of rotatable bonds is 3. The lowest BCUT2D eigenvalue weighted by atomic mass is 9.99. The minimum Gasteiger partial charge on any atom is -0.356 e. The number of hydrogen-bond acceptors (Lipinski definition) is 5. The quantitative estimate of drug-likeness (QED) is 0.874. The van der Waals surface area contributed by atoms with Crippen molar-refractivity contribution in [1.82, 2.24) is 15.4 Å². The van der Waals surface area contributed by atoms with Gasteiger partial charge in [0.15, 0.2) is 5.76 Å². The van der Waals surface area contributed by atoms with E-state index in [0.717, 1.165) is 11.3 Å². The highest BCUT2D eigenvalue weighted by Gasteiger charge is 2.52. The number of nitrogens with zero attached hydrogens (tertiary/aromatic N) is 2. The molecular formula is C16H15N3O3S. The third kappa shape index (κ3) is 2.41. The Morgan fingerprint density at radius 3 is 2.87 bits per heavy atom. The maximum Gasteiger partial charge on any atom is 0.325 e. The molecule has 2 aromatic rings. The third-order valence-electron chi connectivity index (χ3n) is 4.20. The highest BCUT2D eigenvalue weighted by atomic mass is 32.2. The number of hydrogen-bond donors (Lipinski definition) is 1. The van der Waals surface area contributed by atoms with Gasteiger partial charge < -0.3 is 9.84 Å². The number of nitrogens with one attached hydrogen (secondary N) is 1. The summed E-state index contributed by atoms with van der Waals surface area (Å²) in [5.41, 5.74) is 0.760. The molecule has 2 fully saturated rings. The van der Waals surface area contributed by atoms with Crippen LogP contribution in [0.1, 0.15) is 12.1 Å². The van der Waals surface area contributed by atoms with Crippen LogP contribution in [0.4, 0.5) is 4.79 Å². The zero-order valence-electron chi connectivity index (χ0n) is 12.3. The first-order valence-electron chi connectivity index (χ1n) is 7.41. The molecule has 4 rings (SSSR count). The predicted octanol–water partition coefficient (Wildman–Crippen LogP) is 2.27.